The van der Waals surface area contributed by atoms with E-state index in [9.17, 15) is 19.2 Å². The summed E-state index contributed by atoms with van der Waals surface area (Å²) >= 11 is 0. The number of ketones is 1. The minimum Gasteiger partial charge on any atom is -0.388 e. The van der Waals surface area contributed by atoms with Crippen LogP contribution in [0, 0.1) is 0 Å². The predicted molar refractivity (Wildman–Crippen MR) is 68.6 cm³/mol. The van der Waals surface area contributed by atoms with Crippen molar-refractivity contribution in [1.82, 2.24) is 10.2 Å². The summed E-state index contributed by atoms with van der Waals surface area (Å²) in [5.41, 5.74) is 0. The van der Waals surface area contributed by atoms with Crippen LogP contribution in [0.2, 0.25) is 0 Å². The molecule has 0 aromatic carbocycles. The number of carbonyl (C=O) groups is 4. The van der Waals surface area contributed by atoms with Crippen molar-refractivity contribution in [1.29, 1.82) is 0 Å². The van der Waals surface area contributed by atoms with Crippen LogP contribution in [-0.4, -0.2) is 54.3 Å². The van der Waals surface area contributed by atoms with Gasteiger partial charge in [-0.3, -0.25) is 24.1 Å². The zero-order valence-corrected chi connectivity index (χ0v) is 11.0. The van der Waals surface area contributed by atoms with Crippen molar-refractivity contribution in [3.63, 3.8) is 0 Å². The number of carbonyl (C=O) groups excluding carboxylic acids is 4. The first-order valence-corrected chi connectivity index (χ1v) is 5.94. The normalized spacial score (nSPS) is 14.2. The van der Waals surface area contributed by atoms with Crippen LogP contribution in [0.3, 0.4) is 0 Å². The third kappa shape index (κ3) is 5.42. The van der Waals surface area contributed by atoms with Crippen LogP contribution in [-0.2, 0) is 24.0 Å². The second-order valence-corrected chi connectivity index (χ2v) is 3.98. The molecule has 0 bridgehead atoms. The number of Topliss-reactive ketones (excluding diaryl/α,β-unsaturated/α-hetero) is 1. The fourth-order valence-electron chi connectivity index (χ4n) is 1.33. The Morgan fingerprint density at radius 1 is 1.35 bits per heavy atom. The van der Waals surface area contributed by atoms with Crippen molar-refractivity contribution < 1.29 is 24.0 Å². The van der Waals surface area contributed by atoms with E-state index in [1.807, 2.05) is 0 Å². The Balaban J connectivity index is 2.13. The van der Waals surface area contributed by atoms with Gasteiger partial charge in [-0.2, -0.15) is 0 Å². The van der Waals surface area contributed by atoms with E-state index in [2.05, 4.69) is 15.3 Å². The van der Waals surface area contributed by atoms with E-state index in [0.29, 0.717) is 0 Å². The monoisotopic (exact) mass is 281 g/mol. The lowest BCUT2D eigenvalue weighted by molar-refractivity contribution is -0.137. The maximum absolute atomic E-state index is 11.4. The highest BCUT2D eigenvalue weighted by atomic mass is 16.6. The molecule has 0 aromatic heterocycles. The summed E-state index contributed by atoms with van der Waals surface area (Å²) in [5.74, 6) is -1.31. The number of nitrogens with zero attached hydrogens (tertiary/aromatic N) is 2. The summed E-state index contributed by atoms with van der Waals surface area (Å²) in [4.78, 5) is 49.9. The number of amides is 3. The molecule has 8 heteroatoms. The highest BCUT2D eigenvalue weighted by molar-refractivity contribution is 6.13. The van der Waals surface area contributed by atoms with Crippen molar-refractivity contribution in [2.75, 3.05) is 19.7 Å². The Labute approximate surface area is 115 Å². The molecule has 108 valence electrons. The van der Waals surface area contributed by atoms with Gasteiger partial charge in [0.05, 0.1) is 12.8 Å². The molecule has 0 aliphatic carbocycles. The van der Waals surface area contributed by atoms with Gasteiger partial charge in [-0.05, 0) is 6.92 Å². The summed E-state index contributed by atoms with van der Waals surface area (Å²) < 4.78 is 0. The van der Waals surface area contributed by atoms with E-state index in [1.165, 1.54) is 25.3 Å². The maximum Gasteiger partial charge on any atom is 0.253 e. The molecule has 0 saturated carbocycles. The lowest BCUT2D eigenvalue weighted by Gasteiger charge is -2.12. The summed E-state index contributed by atoms with van der Waals surface area (Å²) in [6, 6.07) is 0. The topological polar surface area (TPSA) is 105 Å². The molecule has 0 aromatic rings. The van der Waals surface area contributed by atoms with Crippen LogP contribution in [0.4, 0.5) is 0 Å². The second-order valence-electron chi connectivity index (χ2n) is 3.98. The zero-order chi connectivity index (χ0) is 15.0. The molecular weight excluding hydrogens is 266 g/mol. The number of imide groups is 1. The molecule has 0 radical (unpaired) electrons. The van der Waals surface area contributed by atoms with Gasteiger partial charge in [0.2, 0.25) is 5.91 Å². The molecule has 1 aliphatic heterocycles. The summed E-state index contributed by atoms with van der Waals surface area (Å²) in [6.07, 6.45) is 3.65. The van der Waals surface area contributed by atoms with Crippen molar-refractivity contribution >= 4 is 29.7 Å². The van der Waals surface area contributed by atoms with Gasteiger partial charge in [-0.1, -0.05) is 5.16 Å². The van der Waals surface area contributed by atoms with Crippen LogP contribution >= 0.6 is 0 Å². The van der Waals surface area contributed by atoms with Gasteiger partial charge in [-0.15, -0.1) is 0 Å². The van der Waals surface area contributed by atoms with Crippen LogP contribution in [0.1, 0.15) is 13.3 Å². The van der Waals surface area contributed by atoms with Gasteiger partial charge >= 0.3 is 0 Å². The molecule has 8 nitrogen and oxygen atoms in total. The van der Waals surface area contributed by atoms with E-state index in [4.69, 9.17) is 0 Å². The van der Waals surface area contributed by atoms with Crippen LogP contribution in [0.15, 0.2) is 17.3 Å². The fraction of sp³-hybridized carbons (Fsp3) is 0.417. The molecule has 20 heavy (non-hydrogen) atoms. The van der Waals surface area contributed by atoms with E-state index < -0.39 is 11.8 Å². The van der Waals surface area contributed by atoms with Gasteiger partial charge in [0.25, 0.3) is 11.8 Å². The Hall–Kier alpha value is -2.51. The molecule has 0 saturated heterocycles. The van der Waals surface area contributed by atoms with Gasteiger partial charge in [0, 0.05) is 25.1 Å². The highest BCUT2D eigenvalue weighted by Crippen LogP contribution is 2.03. The molecule has 1 N–H and O–H groups in total. The first-order chi connectivity index (χ1) is 9.50. The van der Waals surface area contributed by atoms with E-state index in [0.717, 1.165) is 4.90 Å². The average Bonchev–Trinajstić information content (AvgIpc) is 2.70. The Morgan fingerprint density at radius 2 is 2.00 bits per heavy atom. The van der Waals surface area contributed by atoms with Gasteiger partial charge < -0.3 is 10.2 Å². The van der Waals surface area contributed by atoms with Gasteiger partial charge in [-0.25, -0.2) is 0 Å². The number of nitrogens with one attached hydrogen (secondary N) is 1. The fourth-order valence-corrected chi connectivity index (χ4v) is 1.33. The molecule has 0 spiro atoms. The Kier molecular flexibility index (Phi) is 6.08. The Morgan fingerprint density at radius 3 is 2.60 bits per heavy atom. The van der Waals surface area contributed by atoms with Crippen molar-refractivity contribution in [3.05, 3.63) is 12.2 Å². The molecule has 0 atom stereocenters. The van der Waals surface area contributed by atoms with Crippen LogP contribution in [0.5, 0.6) is 0 Å². The molecule has 0 unspecified atom stereocenters. The first-order valence-electron chi connectivity index (χ1n) is 5.94. The second kappa shape index (κ2) is 7.82. The summed E-state index contributed by atoms with van der Waals surface area (Å²) in [7, 11) is 0. The Bertz CT molecular complexity index is 452. The number of hydrogen-bond acceptors (Lipinski definition) is 6. The third-order valence-electron chi connectivity index (χ3n) is 2.27. The van der Waals surface area contributed by atoms with E-state index >= 15 is 0 Å². The third-order valence-corrected chi connectivity index (χ3v) is 2.27. The van der Waals surface area contributed by atoms with Crippen molar-refractivity contribution in [2.45, 2.75) is 13.3 Å². The molecule has 0 fully saturated rings. The quantitative estimate of drug-likeness (QED) is 0.349. The van der Waals surface area contributed by atoms with Gasteiger partial charge in [0.1, 0.15) is 0 Å². The van der Waals surface area contributed by atoms with Crippen molar-refractivity contribution in [2.24, 2.45) is 5.16 Å². The minimum absolute atomic E-state index is 0.0152. The van der Waals surface area contributed by atoms with E-state index in [-0.39, 0.29) is 37.8 Å². The smallest absolute Gasteiger partial charge is 0.253 e. The van der Waals surface area contributed by atoms with Crippen molar-refractivity contribution in [3.8, 4) is 0 Å². The molecule has 1 rings (SSSR count). The maximum atomic E-state index is 11.4. The lowest BCUT2D eigenvalue weighted by Crippen LogP contribution is -2.35. The SMILES string of the molecule is CC(=O)CO/N=C/CNC(=O)CCN1C(=O)C=CC1=O. The highest BCUT2D eigenvalue weighted by Gasteiger charge is 2.23. The predicted octanol–water partition coefficient (Wildman–Crippen LogP) is -0.991. The molecule has 1 heterocycles. The largest absolute Gasteiger partial charge is 0.388 e. The number of rotatable bonds is 8. The molecular formula is C12H15N3O5. The first kappa shape index (κ1) is 15.5. The minimum atomic E-state index is -0.415. The number of oxime groups is 1. The zero-order valence-electron chi connectivity index (χ0n) is 11.0. The standard InChI is InChI=1S/C12H15N3O5/c1-9(16)8-20-14-6-5-13-10(17)4-7-15-11(18)2-3-12(15)19/h2-3,6H,4-5,7-8H2,1H3,(H,13,17)/b14-6+. The number of hydrogen-bond donors (Lipinski definition) is 1. The average molecular weight is 281 g/mol. The molecule has 3 amide bonds. The lowest BCUT2D eigenvalue weighted by atomic mass is 10.3. The van der Waals surface area contributed by atoms with Crippen LogP contribution < -0.4 is 5.32 Å². The van der Waals surface area contributed by atoms with E-state index in [1.54, 1.807) is 0 Å². The van der Waals surface area contributed by atoms with Crippen LogP contribution in [0.25, 0.3) is 0 Å². The van der Waals surface area contributed by atoms with Gasteiger partial charge in [0.15, 0.2) is 12.4 Å². The summed E-state index contributed by atoms with van der Waals surface area (Å²) in [6.45, 7) is 1.43. The molecule has 1 aliphatic rings. The summed E-state index contributed by atoms with van der Waals surface area (Å²) in [5, 5.41) is 5.96.